The van der Waals surface area contributed by atoms with Crippen LogP contribution in [0, 0.1) is 0 Å². The monoisotopic (exact) mass is 393 g/mol. The molecule has 1 heterocycles. The van der Waals surface area contributed by atoms with Gasteiger partial charge in [0.2, 0.25) is 0 Å². The highest BCUT2D eigenvalue weighted by Gasteiger charge is 2.20. The fourth-order valence-corrected chi connectivity index (χ4v) is 2.27. The number of ether oxygens (including phenoxy) is 1. The van der Waals surface area contributed by atoms with Crippen molar-refractivity contribution in [3.63, 3.8) is 0 Å². The van der Waals surface area contributed by atoms with E-state index in [0.29, 0.717) is 12.2 Å². The van der Waals surface area contributed by atoms with Gasteiger partial charge in [0.15, 0.2) is 6.10 Å². The van der Waals surface area contributed by atoms with Crippen LogP contribution in [0.4, 0.5) is 0 Å². The molecule has 1 aromatic heterocycles. The van der Waals surface area contributed by atoms with Crippen LogP contribution < -0.4 is 5.32 Å². The van der Waals surface area contributed by atoms with E-state index in [9.17, 15) is 9.59 Å². The molecule has 1 amide bonds. The van der Waals surface area contributed by atoms with E-state index >= 15 is 0 Å². The molecule has 0 fully saturated rings. The Morgan fingerprint density at radius 3 is 2.71 bits per heavy atom. The molecule has 0 aliphatic heterocycles. The number of aromatic nitrogens is 2. The number of carbonyl (C=O) groups excluding carboxylic acids is 2. The minimum absolute atomic E-state index is 0.209. The van der Waals surface area contributed by atoms with Crippen molar-refractivity contribution < 1.29 is 14.3 Å². The first kappa shape index (κ1) is 18.2. The van der Waals surface area contributed by atoms with E-state index in [1.165, 1.54) is 0 Å². The number of hydrogen-bond donors (Lipinski definition) is 2. The summed E-state index contributed by atoms with van der Waals surface area (Å²) in [5.41, 5.74) is 1.72. The first-order chi connectivity index (χ1) is 11.5. The number of nitrogens with zero attached hydrogens (tertiary/aromatic N) is 1. The second-order valence-electron chi connectivity index (χ2n) is 5.37. The summed E-state index contributed by atoms with van der Waals surface area (Å²) < 4.78 is 6.13. The quantitative estimate of drug-likeness (QED) is 0.558. The molecule has 7 heteroatoms. The summed E-state index contributed by atoms with van der Waals surface area (Å²) >= 11 is 3.37. The highest BCUT2D eigenvalue weighted by Crippen LogP contribution is 2.20. The van der Waals surface area contributed by atoms with Gasteiger partial charge in [-0.05, 0) is 31.5 Å². The first-order valence-corrected chi connectivity index (χ1v) is 8.60. The van der Waals surface area contributed by atoms with Crippen molar-refractivity contribution >= 4 is 27.8 Å². The van der Waals surface area contributed by atoms with Crippen LogP contribution in [0.25, 0.3) is 11.3 Å². The van der Waals surface area contributed by atoms with Gasteiger partial charge in [-0.1, -0.05) is 41.4 Å². The minimum atomic E-state index is -0.853. The fraction of sp³-hybridized carbons (Fsp3) is 0.353. The van der Waals surface area contributed by atoms with E-state index in [2.05, 4.69) is 31.4 Å². The average Bonchev–Trinajstić information content (AvgIpc) is 3.05. The van der Waals surface area contributed by atoms with E-state index in [1.54, 1.807) is 13.0 Å². The predicted molar refractivity (Wildman–Crippen MR) is 94.5 cm³/mol. The molecular weight excluding hydrogens is 374 g/mol. The van der Waals surface area contributed by atoms with Crippen molar-refractivity contribution in [2.75, 3.05) is 6.54 Å². The molecule has 0 radical (unpaired) electrons. The molecule has 2 aromatic rings. The van der Waals surface area contributed by atoms with Gasteiger partial charge in [-0.25, -0.2) is 4.79 Å². The summed E-state index contributed by atoms with van der Waals surface area (Å²) in [6, 6.07) is 9.17. The van der Waals surface area contributed by atoms with Crippen molar-refractivity contribution in [1.82, 2.24) is 15.5 Å². The number of amides is 1. The minimum Gasteiger partial charge on any atom is -0.448 e. The fourth-order valence-electron chi connectivity index (χ4n) is 2.00. The molecule has 0 saturated heterocycles. The second kappa shape index (κ2) is 8.63. The smallest absolute Gasteiger partial charge is 0.357 e. The summed E-state index contributed by atoms with van der Waals surface area (Å²) in [5.74, 6) is -0.909. The lowest BCUT2D eigenvalue weighted by atomic mass is 10.1. The van der Waals surface area contributed by atoms with Gasteiger partial charge in [0.1, 0.15) is 5.69 Å². The van der Waals surface area contributed by atoms with Crippen molar-refractivity contribution in [2.45, 2.75) is 32.8 Å². The van der Waals surface area contributed by atoms with E-state index in [-0.39, 0.29) is 11.6 Å². The van der Waals surface area contributed by atoms with Crippen LogP contribution in [0.1, 0.15) is 37.2 Å². The number of hydrogen-bond acceptors (Lipinski definition) is 4. The highest BCUT2D eigenvalue weighted by atomic mass is 79.9. The molecule has 0 aliphatic carbocycles. The standard InChI is InChI=1S/C17H20BrN3O3/c1-3-4-9-19-16(22)11(2)24-17(23)15-10-14(20-21-15)12-5-7-13(18)8-6-12/h5-8,10-11H,3-4,9H2,1-2H3,(H,19,22)(H,20,21). The Kier molecular flexibility index (Phi) is 6.54. The topological polar surface area (TPSA) is 84.1 Å². The lowest BCUT2D eigenvalue weighted by molar-refractivity contribution is -0.129. The number of unbranched alkanes of at least 4 members (excludes halogenated alkanes) is 1. The lowest BCUT2D eigenvalue weighted by Crippen LogP contribution is -2.36. The van der Waals surface area contributed by atoms with Gasteiger partial charge in [-0.2, -0.15) is 5.10 Å². The van der Waals surface area contributed by atoms with E-state index < -0.39 is 12.1 Å². The Balaban J connectivity index is 1.95. The molecule has 1 aromatic carbocycles. The zero-order chi connectivity index (χ0) is 17.5. The van der Waals surface area contributed by atoms with Gasteiger partial charge in [0.25, 0.3) is 5.91 Å². The molecule has 128 valence electrons. The van der Waals surface area contributed by atoms with E-state index in [0.717, 1.165) is 22.9 Å². The van der Waals surface area contributed by atoms with Crippen LogP contribution in [-0.4, -0.2) is 34.7 Å². The molecule has 0 spiro atoms. The Hall–Kier alpha value is -2.15. The third-order valence-electron chi connectivity index (χ3n) is 3.42. The van der Waals surface area contributed by atoms with Gasteiger partial charge in [-0.15, -0.1) is 0 Å². The normalized spacial score (nSPS) is 11.8. The summed E-state index contributed by atoms with van der Waals surface area (Å²) in [4.78, 5) is 23.9. The summed E-state index contributed by atoms with van der Waals surface area (Å²) in [6.45, 7) is 4.16. The van der Waals surface area contributed by atoms with Crippen molar-refractivity contribution in [3.05, 3.63) is 40.5 Å². The van der Waals surface area contributed by atoms with E-state index in [4.69, 9.17) is 4.74 Å². The molecule has 24 heavy (non-hydrogen) atoms. The Labute approximate surface area is 149 Å². The molecule has 0 bridgehead atoms. The van der Waals surface area contributed by atoms with Crippen LogP contribution in [0.2, 0.25) is 0 Å². The van der Waals surface area contributed by atoms with Crippen LogP contribution in [0.15, 0.2) is 34.8 Å². The van der Waals surface area contributed by atoms with Gasteiger partial charge in [0.05, 0.1) is 5.69 Å². The van der Waals surface area contributed by atoms with Gasteiger partial charge in [-0.3, -0.25) is 9.89 Å². The number of carbonyl (C=O) groups is 2. The van der Waals surface area contributed by atoms with E-state index in [1.807, 2.05) is 31.2 Å². The maximum Gasteiger partial charge on any atom is 0.357 e. The lowest BCUT2D eigenvalue weighted by Gasteiger charge is -2.12. The van der Waals surface area contributed by atoms with Gasteiger partial charge < -0.3 is 10.1 Å². The van der Waals surface area contributed by atoms with Crippen LogP contribution in [0.3, 0.4) is 0 Å². The molecule has 1 atom stereocenters. The summed E-state index contributed by atoms with van der Waals surface area (Å²) in [6.07, 6.45) is 1.03. The summed E-state index contributed by atoms with van der Waals surface area (Å²) in [7, 11) is 0. The van der Waals surface area contributed by atoms with Crippen LogP contribution in [0.5, 0.6) is 0 Å². The van der Waals surface area contributed by atoms with Gasteiger partial charge >= 0.3 is 5.97 Å². The molecule has 6 nitrogen and oxygen atoms in total. The number of H-pyrrole nitrogens is 1. The largest absolute Gasteiger partial charge is 0.448 e. The average molecular weight is 394 g/mol. The SMILES string of the molecule is CCCCNC(=O)C(C)OC(=O)c1cc(-c2ccc(Br)cc2)n[nH]1. The highest BCUT2D eigenvalue weighted by molar-refractivity contribution is 9.10. The number of halogens is 1. The maximum absolute atomic E-state index is 12.1. The van der Waals surface area contributed by atoms with Crippen LogP contribution in [-0.2, 0) is 9.53 Å². The number of esters is 1. The second-order valence-corrected chi connectivity index (χ2v) is 6.28. The molecule has 1 unspecified atom stereocenters. The Morgan fingerprint density at radius 2 is 2.04 bits per heavy atom. The first-order valence-electron chi connectivity index (χ1n) is 7.81. The van der Waals surface area contributed by atoms with Crippen molar-refractivity contribution in [2.24, 2.45) is 0 Å². The molecule has 2 rings (SSSR count). The third-order valence-corrected chi connectivity index (χ3v) is 3.95. The molecule has 0 saturated carbocycles. The maximum atomic E-state index is 12.1. The van der Waals surface area contributed by atoms with Crippen molar-refractivity contribution in [3.8, 4) is 11.3 Å². The number of nitrogens with one attached hydrogen (secondary N) is 2. The van der Waals surface area contributed by atoms with Crippen molar-refractivity contribution in [1.29, 1.82) is 0 Å². The number of rotatable bonds is 7. The Bertz CT molecular complexity index is 697. The Morgan fingerprint density at radius 1 is 1.33 bits per heavy atom. The number of aromatic amines is 1. The summed E-state index contributed by atoms with van der Waals surface area (Å²) in [5, 5.41) is 9.49. The number of benzene rings is 1. The zero-order valence-corrected chi connectivity index (χ0v) is 15.2. The predicted octanol–water partition coefficient (Wildman–Crippen LogP) is 3.30. The zero-order valence-electron chi connectivity index (χ0n) is 13.6. The third kappa shape index (κ3) is 4.92. The molecule has 0 aliphatic rings. The molecule has 2 N–H and O–H groups in total. The molecular formula is C17H20BrN3O3. The van der Waals surface area contributed by atoms with Crippen LogP contribution >= 0.6 is 15.9 Å². The van der Waals surface area contributed by atoms with Gasteiger partial charge in [0, 0.05) is 16.6 Å².